The van der Waals surface area contributed by atoms with Crippen LogP contribution in [0.3, 0.4) is 0 Å². The van der Waals surface area contributed by atoms with Crippen molar-refractivity contribution in [1.29, 1.82) is 0 Å². The molecule has 0 saturated carbocycles. The molecule has 2 aromatic carbocycles. The van der Waals surface area contributed by atoms with Crippen LogP contribution < -0.4 is 10.2 Å². The minimum atomic E-state index is -0.121. The standard InChI is InChI=1S/C21H23N3O2/c1-14(2)12-13-24-19-7-5-4-6-18(19)20(21(24)26)23-17-10-8-16(9-11-17)22-15(3)25/h4-11,14H,12-13H2,1-3H3,(H,22,25). The molecule has 0 aromatic heterocycles. The van der Waals surface area contributed by atoms with Crippen LogP contribution in [-0.4, -0.2) is 24.1 Å². The van der Waals surface area contributed by atoms with Crippen LogP contribution in [0.4, 0.5) is 17.1 Å². The molecular weight excluding hydrogens is 326 g/mol. The van der Waals surface area contributed by atoms with Gasteiger partial charge in [-0.2, -0.15) is 0 Å². The van der Waals surface area contributed by atoms with Gasteiger partial charge >= 0.3 is 0 Å². The van der Waals surface area contributed by atoms with Crippen molar-refractivity contribution in [2.24, 2.45) is 10.9 Å². The van der Waals surface area contributed by atoms with E-state index in [2.05, 4.69) is 24.2 Å². The highest BCUT2D eigenvalue weighted by atomic mass is 16.2. The Morgan fingerprint density at radius 1 is 1.12 bits per heavy atom. The number of fused-ring (bicyclic) bond motifs is 1. The van der Waals surface area contributed by atoms with Crippen molar-refractivity contribution >= 4 is 34.6 Å². The van der Waals surface area contributed by atoms with Crippen molar-refractivity contribution in [2.75, 3.05) is 16.8 Å². The Bertz CT molecular complexity index is 854. The lowest BCUT2D eigenvalue weighted by molar-refractivity contribution is -0.114. The maximum atomic E-state index is 12.9. The van der Waals surface area contributed by atoms with Crippen molar-refractivity contribution in [3.8, 4) is 0 Å². The fraction of sp³-hybridized carbons (Fsp3) is 0.286. The first kappa shape index (κ1) is 17.9. The number of nitrogens with zero attached hydrogens (tertiary/aromatic N) is 2. The number of carbonyl (C=O) groups is 2. The SMILES string of the molecule is CC(=O)Nc1ccc(N=C2C(=O)N(CCC(C)C)c3ccccc32)cc1. The van der Waals surface area contributed by atoms with E-state index in [4.69, 9.17) is 0 Å². The summed E-state index contributed by atoms with van der Waals surface area (Å²) in [6.45, 7) is 6.46. The van der Waals surface area contributed by atoms with Crippen molar-refractivity contribution in [1.82, 2.24) is 0 Å². The Morgan fingerprint density at radius 3 is 2.46 bits per heavy atom. The van der Waals surface area contributed by atoms with E-state index in [1.807, 2.05) is 29.2 Å². The molecule has 1 heterocycles. The molecule has 0 saturated heterocycles. The summed E-state index contributed by atoms with van der Waals surface area (Å²) < 4.78 is 0. The second kappa shape index (κ2) is 7.52. The molecule has 0 bridgehead atoms. The monoisotopic (exact) mass is 349 g/mol. The highest BCUT2D eigenvalue weighted by Gasteiger charge is 2.33. The molecule has 1 aliphatic heterocycles. The van der Waals surface area contributed by atoms with Crippen molar-refractivity contribution in [2.45, 2.75) is 27.2 Å². The predicted octanol–water partition coefficient (Wildman–Crippen LogP) is 4.16. The molecule has 5 heteroatoms. The summed E-state index contributed by atoms with van der Waals surface area (Å²) in [5.41, 5.74) is 3.65. The van der Waals surface area contributed by atoms with Crippen molar-refractivity contribution < 1.29 is 9.59 Å². The Hall–Kier alpha value is -2.95. The first-order valence-corrected chi connectivity index (χ1v) is 8.83. The number of carbonyl (C=O) groups excluding carboxylic acids is 2. The summed E-state index contributed by atoms with van der Waals surface area (Å²) in [5, 5.41) is 2.72. The largest absolute Gasteiger partial charge is 0.326 e. The molecule has 1 aliphatic rings. The first-order valence-electron chi connectivity index (χ1n) is 8.83. The zero-order chi connectivity index (χ0) is 18.7. The lowest BCUT2D eigenvalue weighted by Crippen LogP contribution is -2.31. The number of benzene rings is 2. The molecule has 0 spiro atoms. The fourth-order valence-electron chi connectivity index (χ4n) is 2.93. The number of amides is 2. The lowest BCUT2D eigenvalue weighted by Gasteiger charge is -2.17. The number of nitrogens with one attached hydrogen (secondary N) is 1. The molecule has 134 valence electrons. The molecule has 2 amide bonds. The summed E-state index contributed by atoms with van der Waals surface area (Å²) in [4.78, 5) is 30.5. The molecule has 0 atom stereocenters. The van der Waals surface area contributed by atoms with Crippen LogP contribution in [0.1, 0.15) is 32.8 Å². The molecule has 1 N–H and O–H groups in total. The first-order chi connectivity index (χ1) is 12.5. The van der Waals surface area contributed by atoms with Gasteiger partial charge in [-0.25, -0.2) is 4.99 Å². The summed E-state index contributed by atoms with van der Waals surface area (Å²) in [6.07, 6.45) is 0.943. The van der Waals surface area contributed by atoms with Gasteiger partial charge in [-0.05, 0) is 42.7 Å². The summed E-state index contributed by atoms with van der Waals surface area (Å²) in [7, 11) is 0. The van der Waals surface area contributed by atoms with E-state index in [1.54, 1.807) is 24.3 Å². The van der Waals surface area contributed by atoms with Gasteiger partial charge in [0.15, 0.2) is 0 Å². The molecule has 0 aliphatic carbocycles. The second-order valence-electron chi connectivity index (χ2n) is 6.84. The van der Waals surface area contributed by atoms with Crippen molar-refractivity contribution in [3.63, 3.8) is 0 Å². The van der Waals surface area contributed by atoms with E-state index < -0.39 is 0 Å². The maximum absolute atomic E-state index is 12.9. The van der Waals surface area contributed by atoms with Gasteiger partial charge < -0.3 is 10.2 Å². The van der Waals surface area contributed by atoms with Gasteiger partial charge in [-0.15, -0.1) is 0 Å². The summed E-state index contributed by atoms with van der Waals surface area (Å²) in [5.74, 6) is 0.347. The number of para-hydroxylation sites is 1. The normalized spacial score (nSPS) is 14.8. The lowest BCUT2D eigenvalue weighted by atomic mass is 10.1. The minimum absolute atomic E-state index is 0.0576. The van der Waals surface area contributed by atoms with Crippen molar-refractivity contribution in [3.05, 3.63) is 54.1 Å². The number of anilines is 2. The van der Waals surface area contributed by atoms with Gasteiger partial charge in [0, 0.05) is 24.7 Å². The van der Waals surface area contributed by atoms with E-state index in [0.717, 1.165) is 17.7 Å². The molecule has 2 aromatic rings. The highest BCUT2D eigenvalue weighted by Crippen LogP contribution is 2.31. The van der Waals surface area contributed by atoms with Crippen LogP contribution in [-0.2, 0) is 9.59 Å². The van der Waals surface area contributed by atoms with Gasteiger partial charge in [0.1, 0.15) is 5.71 Å². The van der Waals surface area contributed by atoms with E-state index in [1.165, 1.54) is 6.92 Å². The molecule has 0 radical (unpaired) electrons. The third kappa shape index (κ3) is 3.82. The van der Waals surface area contributed by atoms with Gasteiger partial charge in [0.2, 0.25) is 5.91 Å². The zero-order valence-corrected chi connectivity index (χ0v) is 15.3. The average molecular weight is 349 g/mol. The third-order valence-corrected chi connectivity index (χ3v) is 4.26. The van der Waals surface area contributed by atoms with Crippen LogP contribution in [0, 0.1) is 5.92 Å². The topological polar surface area (TPSA) is 61.8 Å². The number of hydrogen-bond donors (Lipinski definition) is 1. The predicted molar refractivity (Wildman–Crippen MR) is 105 cm³/mol. The van der Waals surface area contributed by atoms with Crippen LogP contribution in [0.5, 0.6) is 0 Å². The van der Waals surface area contributed by atoms with E-state index >= 15 is 0 Å². The molecular formula is C21H23N3O2. The number of hydrogen-bond acceptors (Lipinski definition) is 3. The Labute approximate surface area is 153 Å². The Balaban J connectivity index is 1.90. The van der Waals surface area contributed by atoms with E-state index in [9.17, 15) is 9.59 Å². The summed E-state index contributed by atoms with van der Waals surface area (Å²) >= 11 is 0. The third-order valence-electron chi connectivity index (χ3n) is 4.26. The van der Waals surface area contributed by atoms with Crippen LogP contribution in [0.25, 0.3) is 0 Å². The van der Waals surface area contributed by atoms with E-state index in [0.29, 0.717) is 29.5 Å². The molecule has 26 heavy (non-hydrogen) atoms. The number of rotatable bonds is 5. The molecule has 0 fully saturated rings. The van der Waals surface area contributed by atoms with E-state index in [-0.39, 0.29) is 11.8 Å². The minimum Gasteiger partial charge on any atom is -0.326 e. The Morgan fingerprint density at radius 2 is 1.81 bits per heavy atom. The van der Waals surface area contributed by atoms with Crippen LogP contribution in [0.2, 0.25) is 0 Å². The number of aliphatic imine (C=N–C) groups is 1. The van der Waals surface area contributed by atoms with Gasteiger partial charge in [-0.1, -0.05) is 32.0 Å². The average Bonchev–Trinajstić information content (AvgIpc) is 2.86. The molecule has 5 nitrogen and oxygen atoms in total. The van der Waals surface area contributed by atoms with Crippen LogP contribution in [0.15, 0.2) is 53.5 Å². The van der Waals surface area contributed by atoms with Gasteiger partial charge in [-0.3, -0.25) is 9.59 Å². The zero-order valence-electron chi connectivity index (χ0n) is 15.3. The molecule has 3 rings (SSSR count). The summed E-state index contributed by atoms with van der Waals surface area (Å²) in [6, 6.07) is 14.9. The van der Waals surface area contributed by atoms with Crippen LogP contribution >= 0.6 is 0 Å². The Kier molecular flexibility index (Phi) is 5.16. The van der Waals surface area contributed by atoms with Gasteiger partial charge in [0.05, 0.1) is 11.4 Å². The molecule has 0 unspecified atom stereocenters. The smallest absolute Gasteiger partial charge is 0.277 e. The van der Waals surface area contributed by atoms with Gasteiger partial charge in [0.25, 0.3) is 5.91 Å². The maximum Gasteiger partial charge on any atom is 0.277 e. The fourth-order valence-corrected chi connectivity index (χ4v) is 2.93. The quantitative estimate of drug-likeness (QED) is 0.881. The second-order valence-corrected chi connectivity index (χ2v) is 6.84. The highest BCUT2D eigenvalue weighted by molar-refractivity contribution is 6.54.